The van der Waals surface area contributed by atoms with Crippen molar-refractivity contribution in [1.29, 1.82) is 0 Å². The normalized spacial score (nSPS) is 21.4. The minimum Gasteiger partial charge on any atom is -0.480 e. The average Bonchev–Trinajstić information content (AvgIpc) is 3.58. The van der Waals surface area contributed by atoms with Gasteiger partial charge in [0, 0.05) is 18.8 Å². The van der Waals surface area contributed by atoms with E-state index < -0.39 is 12.0 Å². The molecule has 0 radical (unpaired) electrons. The van der Waals surface area contributed by atoms with Crippen molar-refractivity contribution < 1.29 is 9.90 Å². The second kappa shape index (κ2) is 10.3. The number of carboxylic acid groups (broad SMARTS) is 1. The maximum atomic E-state index is 12.3. The van der Waals surface area contributed by atoms with Crippen LogP contribution in [0.1, 0.15) is 85.7 Å². The monoisotopic (exact) mass is 447 g/mol. The topological polar surface area (TPSA) is 65.5 Å². The van der Waals surface area contributed by atoms with Crippen LogP contribution in [0.15, 0.2) is 36.4 Å². The lowest BCUT2D eigenvalue weighted by Crippen LogP contribution is -2.33. The Hall–Kier alpha value is -2.40. The number of fused-ring (bicyclic) bond motifs is 1. The lowest BCUT2D eigenvalue weighted by atomic mass is 9.96. The first-order chi connectivity index (χ1) is 16.2. The summed E-state index contributed by atoms with van der Waals surface area (Å²) in [5.41, 5.74) is 4.85. The van der Waals surface area contributed by atoms with E-state index in [0.717, 1.165) is 50.3 Å². The van der Waals surface area contributed by atoms with Gasteiger partial charge in [-0.2, -0.15) is 0 Å². The van der Waals surface area contributed by atoms with Crippen molar-refractivity contribution in [3.05, 3.63) is 58.8 Å². The van der Waals surface area contributed by atoms with E-state index in [9.17, 15) is 9.90 Å². The number of nitrogens with one attached hydrogen (secondary N) is 1. The number of hydrogen-bond donors (Lipinski definition) is 2. The van der Waals surface area contributed by atoms with Crippen LogP contribution in [0, 0.1) is 5.92 Å². The van der Waals surface area contributed by atoms with Gasteiger partial charge in [-0.05, 0) is 92.5 Å². The second-order valence-corrected chi connectivity index (χ2v) is 10.2. The molecular weight excluding hydrogens is 410 g/mol. The maximum Gasteiger partial charge on any atom is 0.325 e. The zero-order chi connectivity index (χ0) is 22.6. The number of likely N-dealkylation sites (tertiary alicyclic amines) is 1. The molecule has 2 N–H and O–H groups in total. The first-order valence-electron chi connectivity index (χ1n) is 13.0. The van der Waals surface area contributed by atoms with Gasteiger partial charge in [-0.15, -0.1) is 0 Å². The molecule has 2 aromatic rings. The zero-order valence-corrected chi connectivity index (χ0v) is 19.6. The van der Waals surface area contributed by atoms with E-state index in [1.807, 2.05) is 12.1 Å². The van der Waals surface area contributed by atoms with Crippen molar-refractivity contribution in [1.82, 2.24) is 9.88 Å². The Labute approximate surface area is 197 Å². The van der Waals surface area contributed by atoms with Crippen molar-refractivity contribution >= 4 is 11.8 Å². The number of anilines is 1. The Bertz CT molecular complexity index is 971. The van der Waals surface area contributed by atoms with Crippen LogP contribution in [0.3, 0.4) is 0 Å². The minimum absolute atomic E-state index is 0.490. The van der Waals surface area contributed by atoms with Gasteiger partial charge in [0.25, 0.3) is 0 Å². The van der Waals surface area contributed by atoms with Gasteiger partial charge < -0.3 is 10.4 Å². The summed E-state index contributed by atoms with van der Waals surface area (Å²) in [6.45, 7) is 2.84. The molecule has 1 aromatic heterocycles. The molecule has 1 unspecified atom stereocenters. The van der Waals surface area contributed by atoms with Crippen LogP contribution in [0.5, 0.6) is 0 Å². The van der Waals surface area contributed by atoms with E-state index in [1.54, 1.807) is 0 Å². The lowest BCUT2D eigenvalue weighted by molar-refractivity contribution is -0.143. The van der Waals surface area contributed by atoms with Crippen molar-refractivity contribution in [2.75, 3.05) is 25.0 Å². The van der Waals surface area contributed by atoms with Crippen LogP contribution < -0.4 is 5.32 Å². The van der Waals surface area contributed by atoms with E-state index in [1.165, 1.54) is 61.8 Å². The van der Waals surface area contributed by atoms with Gasteiger partial charge in [0.05, 0.1) is 0 Å². The van der Waals surface area contributed by atoms with Crippen LogP contribution in [0.4, 0.5) is 5.82 Å². The molecule has 0 spiro atoms. The Balaban J connectivity index is 1.08. The molecule has 0 bridgehead atoms. The lowest BCUT2D eigenvalue weighted by Gasteiger charge is -2.26. The number of aryl methyl sites for hydroxylation is 2. The van der Waals surface area contributed by atoms with Crippen LogP contribution in [-0.2, 0) is 17.6 Å². The summed E-state index contributed by atoms with van der Waals surface area (Å²) in [5.74, 6) is 1.59. The summed E-state index contributed by atoms with van der Waals surface area (Å²) in [6, 6.07) is 12.2. The van der Waals surface area contributed by atoms with Crippen LogP contribution in [0.25, 0.3) is 0 Å². The molecule has 3 aliphatic rings. The Kier molecular flexibility index (Phi) is 6.96. The summed E-state index contributed by atoms with van der Waals surface area (Å²) in [6.07, 6.45) is 11.7. The molecule has 176 valence electrons. The molecule has 3 heterocycles. The Morgan fingerprint density at radius 2 is 2.00 bits per heavy atom. The van der Waals surface area contributed by atoms with Crippen molar-refractivity contribution in [2.45, 2.75) is 76.2 Å². The minimum atomic E-state index is -0.698. The largest absolute Gasteiger partial charge is 0.480 e. The number of carbonyl (C=O) groups is 1. The van der Waals surface area contributed by atoms with Gasteiger partial charge >= 0.3 is 5.97 Å². The number of unbranched alkanes of at least 4 members (excludes halogenated alkanes) is 2. The van der Waals surface area contributed by atoms with E-state index in [4.69, 9.17) is 4.98 Å². The van der Waals surface area contributed by atoms with Gasteiger partial charge in [0.2, 0.25) is 0 Å². The molecule has 5 rings (SSSR count). The summed E-state index contributed by atoms with van der Waals surface area (Å²) >= 11 is 0. The number of benzene rings is 1. The summed E-state index contributed by atoms with van der Waals surface area (Å²) < 4.78 is 0. The number of rotatable bonds is 10. The molecular formula is C28H37N3O2. The molecule has 0 amide bonds. The molecule has 5 heteroatoms. The fourth-order valence-corrected chi connectivity index (χ4v) is 5.77. The third-order valence-electron chi connectivity index (χ3n) is 7.72. The smallest absolute Gasteiger partial charge is 0.325 e. The molecule has 1 aromatic carbocycles. The van der Waals surface area contributed by atoms with Crippen molar-refractivity contribution in [3.8, 4) is 0 Å². The third-order valence-corrected chi connectivity index (χ3v) is 7.72. The molecule has 2 aliphatic heterocycles. The zero-order valence-electron chi connectivity index (χ0n) is 19.6. The number of hydrogen-bond acceptors (Lipinski definition) is 4. The first-order valence-corrected chi connectivity index (χ1v) is 13.0. The van der Waals surface area contributed by atoms with E-state index in [2.05, 4.69) is 34.5 Å². The molecule has 2 atom stereocenters. The number of carboxylic acids is 1. The van der Waals surface area contributed by atoms with Gasteiger partial charge in [0.15, 0.2) is 0 Å². The SMILES string of the molecule is O=C(O)[C@H](c1ccccc1C1CC1)N1CCC(CCCCCc2ccc3c(n2)NCCC3)C1. The highest BCUT2D eigenvalue weighted by atomic mass is 16.4. The van der Waals surface area contributed by atoms with E-state index >= 15 is 0 Å². The molecule has 1 saturated carbocycles. The molecule has 2 fully saturated rings. The fraction of sp³-hybridized carbons (Fsp3) is 0.571. The summed E-state index contributed by atoms with van der Waals surface area (Å²) in [7, 11) is 0. The van der Waals surface area contributed by atoms with E-state index in [-0.39, 0.29) is 0 Å². The summed E-state index contributed by atoms with van der Waals surface area (Å²) in [5, 5.41) is 13.5. The van der Waals surface area contributed by atoms with Gasteiger partial charge in [0.1, 0.15) is 11.9 Å². The highest BCUT2D eigenvalue weighted by Gasteiger charge is 2.37. The molecule has 33 heavy (non-hydrogen) atoms. The molecule has 1 saturated heterocycles. The van der Waals surface area contributed by atoms with E-state index in [0.29, 0.717) is 11.8 Å². The van der Waals surface area contributed by atoms with Crippen molar-refractivity contribution in [2.24, 2.45) is 5.92 Å². The number of aliphatic carboxylic acids is 1. The van der Waals surface area contributed by atoms with Crippen LogP contribution in [0.2, 0.25) is 0 Å². The third kappa shape index (κ3) is 5.40. The second-order valence-electron chi connectivity index (χ2n) is 10.2. The first kappa shape index (κ1) is 22.4. The maximum absolute atomic E-state index is 12.3. The standard InChI is InChI=1S/C28H37N3O2/c32-28(33)26(25-11-5-4-10-24(25)21-12-13-21)31-18-16-20(19-31)7-2-1-3-9-23-15-14-22-8-6-17-29-27(22)30-23/h4-5,10-11,14-15,20-21,26H,1-3,6-9,12-13,16-19H2,(H,29,30)(H,32,33)/t20?,26-/m0/s1. The van der Waals surface area contributed by atoms with Crippen LogP contribution >= 0.6 is 0 Å². The number of pyridine rings is 1. The highest BCUT2D eigenvalue weighted by molar-refractivity contribution is 5.76. The Morgan fingerprint density at radius 3 is 2.85 bits per heavy atom. The van der Waals surface area contributed by atoms with Gasteiger partial charge in [-0.3, -0.25) is 9.69 Å². The number of nitrogens with zero attached hydrogens (tertiary/aromatic N) is 2. The van der Waals surface area contributed by atoms with Crippen LogP contribution in [-0.4, -0.2) is 40.6 Å². The predicted molar refractivity (Wildman–Crippen MR) is 132 cm³/mol. The quantitative estimate of drug-likeness (QED) is 0.466. The number of aromatic nitrogens is 1. The van der Waals surface area contributed by atoms with Gasteiger partial charge in [-0.25, -0.2) is 4.98 Å². The average molecular weight is 448 g/mol. The Morgan fingerprint density at radius 1 is 1.12 bits per heavy atom. The summed E-state index contributed by atoms with van der Waals surface area (Å²) in [4.78, 5) is 19.3. The highest BCUT2D eigenvalue weighted by Crippen LogP contribution is 2.44. The fourth-order valence-electron chi connectivity index (χ4n) is 5.77. The molecule has 5 nitrogen and oxygen atoms in total. The predicted octanol–water partition coefficient (Wildman–Crippen LogP) is 5.57. The van der Waals surface area contributed by atoms with Crippen molar-refractivity contribution in [3.63, 3.8) is 0 Å². The van der Waals surface area contributed by atoms with Gasteiger partial charge in [-0.1, -0.05) is 43.2 Å². The molecule has 1 aliphatic carbocycles.